The van der Waals surface area contributed by atoms with E-state index >= 15 is 0 Å². The summed E-state index contributed by atoms with van der Waals surface area (Å²) in [6, 6.07) is 18.6. The van der Waals surface area contributed by atoms with E-state index in [4.69, 9.17) is 4.42 Å². The van der Waals surface area contributed by atoms with Crippen LogP contribution in [0, 0.1) is 13.8 Å². The summed E-state index contributed by atoms with van der Waals surface area (Å²) in [5, 5.41) is 18.4. The van der Waals surface area contributed by atoms with Gasteiger partial charge in [0, 0.05) is 40.2 Å². The predicted molar refractivity (Wildman–Crippen MR) is 124 cm³/mol. The fourth-order valence-electron chi connectivity index (χ4n) is 3.52. The van der Waals surface area contributed by atoms with Gasteiger partial charge in [-0.15, -0.1) is 10.2 Å². The average molecular weight is 436 g/mol. The Morgan fingerprint density at radius 3 is 2.36 bits per heavy atom. The van der Waals surface area contributed by atoms with E-state index in [2.05, 4.69) is 30.7 Å². The molecule has 1 amide bonds. The van der Waals surface area contributed by atoms with E-state index in [1.54, 1.807) is 36.7 Å². The van der Waals surface area contributed by atoms with Crippen molar-refractivity contribution in [2.24, 2.45) is 0 Å². The van der Waals surface area contributed by atoms with Gasteiger partial charge in [-0.3, -0.25) is 14.9 Å². The predicted octanol–water partition coefficient (Wildman–Crippen LogP) is 5.06. The fourth-order valence-corrected chi connectivity index (χ4v) is 3.52. The van der Waals surface area contributed by atoms with Gasteiger partial charge >= 0.3 is 0 Å². The summed E-state index contributed by atoms with van der Waals surface area (Å²) in [5.41, 5.74) is 5.81. The van der Waals surface area contributed by atoms with E-state index < -0.39 is 0 Å². The lowest BCUT2D eigenvalue weighted by atomic mass is 10.1. The molecule has 0 spiro atoms. The lowest BCUT2D eigenvalue weighted by Crippen LogP contribution is -2.12. The van der Waals surface area contributed by atoms with Gasteiger partial charge in [-0.25, -0.2) is 0 Å². The molecule has 162 valence electrons. The molecule has 3 heterocycles. The Morgan fingerprint density at radius 1 is 0.879 bits per heavy atom. The Kier molecular flexibility index (Phi) is 5.24. The van der Waals surface area contributed by atoms with Crippen LogP contribution in [0.25, 0.3) is 34.2 Å². The molecule has 0 bridgehead atoms. The molecule has 0 fully saturated rings. The van der Waals surface area contributed by atoms with Gasteiger partial charge in [0.15, 0.2) is 5.82 Å². The number of benzene rings is 2. The zero-order chi connectivity index (χ0) is 22.8. The first kappa shape index (κ1) is 20.3. The molecule has 0 aliphatic carbocycles. The molecule has 0 saturated carbocycles. The van der Waals surface area contributed by atoms with Crippen LogP contribution in [0.3, 0.4) is 0 Å². The van der Waals surface area contributed by atoms with Crippen molar-refractivity contribution in [3.05, 3.63) is 89.7 Å². The van der Waals surface area contributed by atoms with E-state index in [-0.39, 0.29) is 5.91 Å². The van der Waals surface area contributed by atoms with Crippen LogP contribution in [0.1, 0.15) is 21.5 Å². The van der Waals surface area contributed by atoms with E-state index in [1.165, 1.54) is 0 Å². The van der Waals surface area contributed by atoms with Crippen molar-refractivity contribution >= 4 is 11.7 Å². The highest BCUT2D eigenvalue weighted by atomic mass is 16.4. The molecule has 33 heavy (non-hydrogen) atoms. The first-order valence-electron chi connectivity index (χ1n) is 10.4. The second kappa shape index (κ2) is 8.51. The lowest BCUT2D eigenvalue weighted by Gasteiger charge is -2.04. The number of H-pyrrole nitrogens is 1. The minimum Gasteiger partial charge on any atom is -0.416 e. The van der Waals surface area contributed by atoms with Crippen molar-refractivity contribution in [1.82, 2.24) is 25.4 Å². The molecule has 8 nitrogen and oxygen atoms in total. The number of nitrogens with one attached hydrogen (secondary N) is 2. The molecule has 0 aliphatic rings. The number of hydrogen-bond donors (Lipinski definition) is 2. The van der Waals surface area contributed by atoms with Crippen LogP contribution < -0.4 is 5.32 Å². The highest BCUT2D eigenvalue weighted by Gasteiger charge is 2.16. The summed E-state index contributed by atoms with van der Waals surface area (Å²) in [4.78, 5) is 16.8. The summed E-state index contributed by atoms with van der Waals surface area (Å²) < 4.78 is 5.85. The molecule has 0 unspecified atom stereocenters. The molecule has 0 atom stereocenters. The molecule has 5 aromatic rings. The second-order valence-electron chi connectivity index (χ2n) is 7.57. The molecule has 2 N–H and O–H groups in total. The molecule has 5 rings (SSSR count). The standard InChI is InChI=1S/C25H20N6O2/c1-15-5-3-4-6-20(15)25-31-30-24(33-25)19-9-7-18(8-10-19)23(32)27-22-16(2)21(28-29-22)17-11-13-26-14-12-17/h3-14H,1-2H3,(H2,27,28,29,32). The topological polar surface area (TPSA) is 110 Å². The number of anilines is 1. The third kappa shape index (κ3) is 4.01. The Bertz CT molecular complexity index is 1420. The number of aromatic nitrogens is 5. The molecule has 0 aliphatic heterocycles. The van der Waals surface area contributed by atoms with Gasteiger partial charge in [-0.05, 0) is 61.9 Å². The number of rotatable bonds is 5. The van der Waals surface area contributed by atoms with Crippen molar-refractivity contribution in [3.63, 3.8) is 0 Å². The number of aryl methyl sites for hydroxylation is 1. The van der Waals surface area contributed by atoms with Gasteiger partial charge in [0.05, 0.1) is 5.69 Å². The maximum absolute atomic E-state index is 12.8. The Balaban J connectivity index is 1.32. The number of carbonyl (C=O) groups is 1. The summed E-state index contributed by atoms with van der Waals surface area (Å²) in [6.07, 6.45) is 3.42. The van der Waals surface area contributed by atoms with Crippen LogP contribution in [0.2, 0.25) is 0 Å². The van der Waals surface area contributed by atoms with Crippen LogP contribution in [-0.2, 0) is 0 Å². The monoisotopic (exact) mass is 436 g/mol. The zero-order valence-corrected chi connectivity index (χ0v) is 18.0. The minimum absolute atomic E-state index is 0.261. The molecule has 3 aromatic heterocycles. The number of amides is 1. The largest absolute Gasteiger partial charge is 0.416 e. The summed E-state index contributed by atoms with van der Waals surface area (Å²) >= 11 is 0. The number of hydrogen-bond acceptors (Lipinski definition) is 6. The number of carbonyl (C=O) groups excluding carboxylic acids is 1. The summed E-state index contributed by atoms with van der Waals surface area (Å²) in [6.45, 7) is 3.90. The van der Waals surface area contributed by atoms with E-state index in [0.717, 1.165) is 33.5 Å². The number of aromatic amines is 1. The van der Waals surface area contributed by atoms with E-state index in [0.29, 0.717) is 23.2 Å². The molecule has 8 heteroatoms. The SMILES string of the molecule is Cc1ccccc1-c1nnc(-c2ccc(C(=O)Nc3n[nH]c(-c4ccncc4)c3C)cc2)o1. The first-order valence-corrected chi connectivity index (χ1v) is 10.4. The van der Waals surface area contributed by atoms with E-state index in [1.807, 2.05) is 50.2 Å². The van der Waals surface area contributed by atoms with Crippen LogP contribution >= 0.6 is 0 Å². The van der Waals surface area contributed by atoms with Gasteiger partial charge in [0.25, 0.3) is 5.91 Å². The highest BCUT2D eigenvalue weighted by Crippen LogP contribution is 2.27. The molecule has 0 saturated heterocycles. The third-order valence-electron chi connectivity index (χ3n) is 5.41. The van der Waals surface area contributed by atoms with Crippen LogP contribution in [0.5, 0.6) is 0 Å². The van der Waals surface area contributed by atoms with Crippen molar-refractivity contribution in [1.29, 1.82) is 0 Å². The van der Waals surface area contributed by atoms with Gasteiger partial charge in [-0.2, -0.15) is 5.10 Å². The number of nitrogens with zero attached hydrogens (tertiary/aromatic N) is 4. The Morgan fingerprint density at radius 2 is 1.61 bits per heavy atom. The first-order chi connectivity index (χ1) is 16.1. The van der Waals surface area contributed by atoms with Gasteiger partial charge in [0.2, 0.25) is 11.8 Å². The van der Waals surface area contributed by atoms with Gasteiger partial charge < -0.3 is 9.73 Å². The lowest BCUT2D eigenvalue weighted by molar-refractivity contribution is 0.102. The average Bonchev–Trinajstić information content (AvgIpc) is 3.48. The molecule has 0 radical (unpaired) electrons. The Labute approximate surface area is 189 Å². The maximum Gasteiger partial charge on any atom is 0.256 e. The molecular formula is C25H20N6O2. The summed E-state index contributed by atoms with van der Waals surface area (Å²) in [7, 11) is 0. The van der Waals surface area contributed by atoms with Crippen LogP contribution in [0.15, 0.2) is 77.5 Å². The van der Waals surface area contributed by atoms with Gasteiger partial charge in [-0.1, -0.05) is 18.2 Å². The highest BCUT2D eigenvalue weighted by molar-refractivity contribution is 6.04. The normalized spacial score (nSPS) is 10.8. The smallest absolute Gasteiger partial charge is 0.256 e. The van der Waals surface area contributed by atoms with Crippen molar-refractivity contribution in [2.75, 3.05) is 5.32 Å². The van der Waals surface area contributed by atoms with Crippen molar-refractivity contribution in [3.8, 4) is 34.2 Å². The minimum atomic E-state index is -0.261. The quantitative estimate of drug-likeness (QED) is 0.399. The number of pyridine rings is 1. The van der Waals surface area contributed by atoms with Crippen molar-refractivity contribution in [2.45, 2.75) is 13.8 Å². The second-order valence-corrected chi connectivity index (χ2v) is 7.57. The van der Waals surface area contributed by atoms with E-state index in [9.17, 15) is 4.79 Å². The molecule has 2 aromatic carbocycles. The summed E-state index contributed by atoms with van der Waals surface area (Å²) in [5.74, 6) is 1.08. The van der Waals surface area contributed by atoms with Gasteiger partial charge in [0.1, 0.15) is 0 Å². The fraction of sp³-hybridized carbons (Fsp3) is 0.0800. The molecular weight excluding hydrogens is 416 g/mol. The van der Waals surface area contributed by atoms with Crippen LogP contribution in [0.4, 0.5) is 5.82 Å². The Hall–Kier alpha value is -4.59. The van der Waals surface area contributed by atoms with Crippen LogP contribution in [-0.4, -0.2) is 31.3 Å². The van der Waals surface area contributed by atoms with Crippen molar-refractivity contribution < 1.29 is 9.21 Å². The maximum atomic E-state index is 12.8. The zero-order valence-electron chi connectivity index (χ0n) is 18.0. The third-order valence-corrected chi connectivity index (χ3v) is 5.41.